The van der Waals surface area contributed by atoms with Crippen LogP contribution in [-0.2, 0) is 0 Å². The minimum Gasteiger partial charge on any atom is -0.351 e. The fraction of sp³-hybridized carbons (Fsp3) is 0.375. The Morgan fingerprint density at radius 2 is 1.96 bits per heavy atom. The van der Waals surface area contributed by atoms with Crippen LogP contribution in [0.3, 0.4) is 0 Å². The molecule has 2 aromatic rings. The quantitative estimate of drug-likeness (QED) is 0.898. The van der Waals surface area contributed by atoms with Crippen LogP contribution in [-0.4, -0.2) is 60.9 Å². The Bertz CT molecular complexity index is 630. The van der Waals surface area contributed by atoms with Crippen molar-refractivity contribution in [1.82, 2.24) is 15.1 Å². The van der Waals surface area contributed by atoms with E-state index in [1.165, 1.54) is 22.7 Å². The molecule has 0 unspecified atom stereocenters. The lowest BCUT2D eigenvalue weighted by molar-refractivity contribution is 0.0643. The number of nitrogens with zero attached hydrogens (tertiary/aromatic N) is 2. The van der Waals surface area contributed by atoms with Crippen molar-refractivity contribution in [3.8, 4) is 0 Å². The number of carbonyl (C=O) groups is 2. The molecule has 0 aliphatic carbocycles. The molecule has 1 N–H and O–H groups in total. The summed E-state index contributed by atoms with van der Waals surface area (Å²) in [5.41, 5.74) is 0.723. The lowest BCUT2D eigenvalue weighted by atomic mass is 10.3. The van der Waals surface area contributed by atoms with Crippen LogP contribution in [0.4, 0.5) is 0 Å². The molecule has 1 aliphatic rings. The first-order chi connectivity index (χ1) is 11.2. The highest BCUT2D eigenvalue weighted by atomic mass is 32.1. The molecule has 5 nitrogen and oxygen atoms in total. The molecule has 0 spiro atoms. The van der Waals surface area contributed by atoms with Gasteiger partial charge in [0.1, 0.15) is 0 Å². The summed E-state index contributed by atoms with van der Waals surface area (Å²) in [4.78, 5) is 29.1. The number of carbonyl (C=O) groups excluding carboxylic acids is 2. The highest BCUT2D eigenvalue weighted by molar-refractivity contribution is 7.12. The first-order valence-corrected chi connectivity index (χ1v) is 9.42. The third-order valence-electron chi connectivity index (χ3n) is 3.89. The van der Waals surface area contributed by atoms with Crippen LogP contribution in [0.1, 0.15) is 20.0 Å². The summed E-state index contributed by atoms with van der Waals surface area (Å²) in [6.07, 6.45) is 0. The molecule has 2 aromatic heterocycles. The van der Waals surface area contributed by atoms with Gasteiger partial charge < -0.3 is 10.2 Å². The molecule has 1 saturated heterocycles. The van der Waals surface area contributed by atoms with Crippen molar-refractivity contribution in [1.29, 1.82) is 0 Å². The van der Waals surface area contributed by atoms with E-state index in [1.807, 2.05) is 39.2 Å². The fourth-order valence-electron chi connectivity index (χ4n) is 2.55. The maximum absolute atomic E-state index is 12.3. The Labute approximate surface area is 143 Å². The molecule has 122 valence electrons. The zero-order valence-corrected chi connectivity index (χ0v) is 14.4. The van der Waals surface area contributed by atoms with E-state index < -0.39 is 0 Å². The van der Waals surface area contributed by atoms with E-state index in [1.54, 1.807) is 0 Å². The first-order valence-electron chi connectivity index (χ1n) is 7.59. The first kappa shape index (κ1) is 16.2. The third-order valence-corrected chi connectivity index (χ3v) is 5.43. The third kappa shape index (κ3) is 4.19. The highest BCUT2D eigenvalue weighted by Crippen LogP contribution is 2.13. The molecule has 0 saturated carbocycles. The van der Waals surface area contributed by atoms with Gasteiger partial charge in [0.25, 0.3) is 11.8 Å². The van der Waals surface area contributed by atoms with Crippen LogP contribution in [0.2, 0.25) is 0 Å². The van der Waals surface area contributed by atoms with Crippen LogP contribution < -0.4 is 5.32 Å². The molecule has 1 fully saturated rings. The zero-order chi connectivity index (χ0) is 16.1. The Morgan fingerprint density at radius 1 is 1.13 bits per heavy atom. The van der Waals surface area contributed by atoms with Gasteiger partial charge in [-0.2, -0.15) is 11.3 Å². The molecule has 2 amide bonds. The smallest absolute Gasteiger partial charge is 0.264 e. The summed E-state index contributed by atoms with van der Waals surface area (Å²) in [5, 5.41) is 8.62. The van der Waals surface area contributed by atoms with Crippen LogP contribution in [0.25, 0.3) is 0 Å². The van der Waals surface area contributed by atoms with E-state index in [0.717, 1.165) is 43.2 Å². The minimum absolute atomic E-state index is 0.0160. The average Bonchev–Trinajstić information content (AvgIpc) is 3.28. The predicted octanol–water partition coefficient (Wildman–Crippen LogP) is 2.00. The van der Waals surface area contributed by atoms with Crippen molar-refractivity contribution in [2.24, 2.45) is 0 Å². The number of hydrogen-bond acceptors (Lipinski definition) is 5. The summed E-state index contributed by atoms with van der Waals surface area (Å²) in [6.45, 7) is 4.64. The zero-order valence-electron chi connectivity index (χ0n) is 12.7. The monoisotopic (exact) mass is 349 g/mol. The van der Waals surface area contributed by atoms with E-state index in [9.17, 15) is 9.59 Å². The topological polar surface area (TPSA) is 52.7 Å². The molecule has 3 rings (SSSR count). The molecule has 0 radical (unpaired) electrons. The van der Waals surface area contributed by atoms with Crippen molar-refractivity contribution in [2.75, 3.05) is 39.3 Å². The van der Waals surface area contributed by atoms with Gasteiger partial charge in [-0.1, -0.05) is 6.07 Å². The van der Waals surface area contributed by atoms with Crippen LogP contribution >= 0.6 is 22.7 Å². The Balaban J connectivity index is 1.38. The highest BCUT2D eigenvalue weighted by Gasteiger charge is 2.22. The lowest BCUT2D eigenvalue weighted by Crippen LogP contribution is -2.50. The molecule has 0 aromatic carbocycles. The fourth-order valence-corrected chi connectivity index (χ4v) is 3.88. The molecule has 0 bridgehead atoms. The summed E-state index contributed by atoms with van der Waals surface area (Å²) < 4.78 is 0. The van der Waals surface area contributed by atoms with Crippen molar-refractivity contribution in [3.63, 3.8) is 0 Å². The second kappa shape index (κ2) is 7.72. The van der Waals surface area contributed by atoms with Crippen molar-refractivity contribution in [2.45, 2.75) is 0 Å². The van der Waals surface area contributed by atoms with Crippen molar-refractivity contribution < 1.29 is 9.59 Å². The van der Waals surface area contributed by atoms with Gasteiger partial charge >= 0.3 is 0 Å². The molecule has 1 aliphatic heterocycles. The van der Waals surface area contributed by atoms with Gasteiger partial charge in [-0.25, -0.2) is 0 Å². The van der Waals surface area contributed by atoms with E-state index in [0.29, 0.717) is 6.54 Å². The average molecular weight is 349 g/mol. The predicted molar refractivity (Wildman–Crippen MR) is 93.3 cm³/mol. The van der Waals surface area contributed by atoms with Gasteiger partial charge in [-0.05, 0) is 22.9 Å². The lowest BCUT2D eigenvalue weighted by Gasteiger charge is -2.34. The van der Waals surface area contributed by atoms with Gasteiger partial charge in [-0.3, -0.25) is 14.5 Å². The van der Waals surface area contributed by atoms with Gasteiger partial charge in [0.05, 0.1) is 4.88 Å². The van der Waals surface area contributed by atoms with Crippen molar-refractivity contribution >= 4 is 34.5 Å². The van der Waals surface area contributed by atoms with Gasteiger partial charge in [0.2, 0.25) is 0 Å². The maximum atomic E-state index is 12.3. The Morgan fingerprint density at radius 3 is 2.61 bits per heavy atom. The minimum atomic E-state index is -0.0160. The second-order valence-corrected chi connectivity index (χ2v) is 7.11. The van der Waals surface area contributed by atoms with E-state index in [2.05, 4.69) is 10.2 Å². The largest absolute Gasteiger partial charge is 0.351 e. The SMILES string of the molecule is O=C(NCCN1CCN(C(=O)c2cccs2)CC1)c1ccsc1. The van der Waals surface area contributed by atoms with Gasteiger partial charge in [0.15, 0.2) is 0 Å². The van der Waals surface area contributed by atoms with Crippen LogP contribution in [0.15, 0.2) is 34.3 Å². The Hall–Kier alpha value is -1.70. The van der Waals surface area contributed by atoms with E-state index >= 15 is 0 Å². The molecular weight excluding hydrogens is 330 g/mol. The standard InChI is InChI=1S/C16H19N3O2S2/c20-15(13-3-11-22-12-13)17-4-5-18-6-8-19(9-7-18)16(21)14-2-1-10-23-14/h1-3,10-12H,4-9H2,(H,17,20). The van der Waals surface area contributed by atoms with Gasteiger partial charge in [-0.15, -0.1) is 11.3 Å². The molecule has 0 atom stereocenters. The van der Waals surface area contributed by atoms with Crippen LogP contribution in [0, 0.1) is 0 Å². The van der Waals surface area contributed by atoms with E-state index in [-0.39, 0.29) is 11.8 Å². The molecule has 3 heterocycles. The summed E-state index contributed by atoms with van der Waals surface area (Å²) >= 11 is 3.01. The Kier molecular flexibility index (Phi) is 5.43. The van der Waals surface area contributed by atoms with Crippen LogP contribution in [0.5, 0.6) is 0 Å². The summed E-state index contributed by atoms with van der Waals surface area (Å²) in [6, 6.07) is 5.61. The summed E-state index contributed by atoms with van der Waals surface area (Å²) in [5.74, 6) is 0.114. The van der Waals surface area contributed by atoms with Gasteiger partial charge in [0, 0.05) is 50.2 Å². The maximum Gasteiger partial charge on any atom is 0.264 e. The second-order valence-electron chi connectivity index (χ2n) is 5.38. The molecular formula is C16H19N3O2S2. The molecule has 7 heteroatoms. The molecule has 23 heavy (non-hydrogen) atoms. The van der Waals surface area contributed by atoms with E-state index in [4.69, 9.17) is 0 Å². The van der Waals surface area contributed by atoms with Crippen molar-refractivity contribution in [3.05, 3.63) is 44.8 Å². The number of hydrogen-bond donors (Lipinski definition) is 1. The number of amides is 2. The summed E-state index contributed by atoms with van der Waals surface area (Å²) in [7, 11) is 0. The normalized spacial score (nSPS) is 15.6. The number of piperazine rings is 1. The number of rotatable bonds is 5. The number of nitrogens with one attached hydrogen (secondary N) is 1. The number of thiophene rings is 2.